The number of hydrogen-bond donors (Lipinski definition) is 2. The molecule has 3 N–H and O–H groups in total. The van der Waals surface area contributed by atoms with Gasteiger partial charge in [0.25, 0.3) is 0 Å². The van der Waals surface area contributed by atoms with Gasteiger partial charge >= 0.3 is 0 Å². The van der Waals surface area contributed by atoms with Gasteiger partial charge in [-0.05, 0) is 39.7 Å². The maximum absolute atomic E-state index is 5.74. The minimum absolute atomic E-state index is 0. The Labute approximate surface area is 127 Å². The summed E-state index contributed by atoms with van der Waals surface area (Å²) < 4.78 is 0. The van der Waals surface area contributed by atoms with Crippen LogP contribution in [0.5, 0.6) is 0 Å². The van der Waals surface area contributed by atoms with E-state index in [0.717, 1.165) is 13.0 Å². The van der Waals surface area contributed by atoms with Crippen molar-refractivity contribution >= 4 is 29.9 Å². The molecule has 4 heteroatoms. The molecule has 0 bridgehead atoms. The third kappa shape index (κ3) is 6.83. The van der Waals surface area contributed by atoms with E-state index >= 15 is 0 Å². The highest BCUT2D eigenvalue weighted by Crippen LogP contribution is 2.09. The van der Waals surface area contributed by atoms with Crippen molar-refractivity contribution in [3.8, 4) is 0 Å². The van der Waals surface area contributed by atoms with Crippen molar-refractivity contribution in [2.75, 3.05) is 6.54 Å². The highest BCUT2D eigenvalue weighted by atomic mass is 127. The van der Waals surface area contributed by atoms with Gasteiger partial charge in [0.15, 0.2) is 5.96 Å². The third-order valence-corrected chi connectivity index (χ3v) is 2.40. The molecule has 1 aromatic carbocycles. The molecule has 0 amide bonds. The SMILES string of the molecule is Cc1cc(C)cc(CCN=C(N)NC(C)C)c1.I. The zero-order chi connectivity index (χ0) is 12.8. The van der Waals surface area contributed by atoms with Crippen molar-refractivity contribution in [3.05, 3.63) is 34.9 Å². The van der Waals surface area contributed by atoms with E-state index in [1.54, 1.807) is 0 Å². The average Bonchev–Trinajstić information content (AvgIpc) is 2.14. The largest absolute Gasteiger partial charge is 0.370 e. The molecule has 0 atom stereocenters. The maximum atomic E-state index is 5.74. The summed E-state index contributed by atoms with van der Waals surface area (Å²) in [7, 11) is 0. The van der Waals surface area contributed by atoms with Gasteiger partial charge in [0.05, 0.1) is 0 Å². The number of nitrogens with zero attached hydrogens (tertiary/aromatic N) is 1. The fourth-order valence-corrected chi connectivity index (χ4v) is 1.86. The third-order valence-electron chi connectivity index (χ3n) is 2.40. The number of aryl methyl sites for hydroxylation is 2. The van der Waals surface area contributed by atoms with Gasteiger partial charge in [0.2, 0.25) is 0 Å². The lowest BCUT2D eigenvalue weighted by Gasteiger charge is -2.08. The predicted molar refractivity (Wildman–Crippen MR) is 89.8 cm³/mol. The Hall–Kier alpha value is -0.780. The van der Waals surface area contributed by atoms with Crippen LogP contribution in [0.2, 0.25) is 0 Å². The van der Waals surface area contributed by atoms with E-state index in [1.165, 1.54) is 16.7 Å². The molecule has 102 valence electrons. The van der Waals surface area contributed by atoms with Gasteiger partial charge in [-0.1, -0.05) is 29.3 Å². The molecule has 0 fully saturated rings. The van der Waals surface area contributed by atoms with Gasteiger partial charge in [-0.3, -0.25) is 4.99 Å². The van der Waals surface area contributed by atoms with E-state index < -0.39 is 0 Å². The Morgan fingerprint density at radius 2 is 1.78 bits per heavy atom. The second-order valence-corrected chi connectivity index (χ2v) is 4.81. The smallest absolute Gasteiger partial charge is 0.188 e. The zero-order valence-corrected chi connectivity index (χ0v) is 14.0. The van der Waals surface area contributed by atoms with E-state index in [2.05, 4.69) is 42.4 Å². The lowest BCUT2D eigenvalue weighted by molar-refractivity contribution is 0.723. The molecule has 0 radical (unpaired) electrons. The number of rotatable bonds is 4. The summed E-state index contributed by atoms with van der Waals surface area (Å²) in [6, 6.07) is 6.92. The van der Waals surface area contributed by atoms with Crippen LogP contribution in [0.15, 0.2) is 23.2 Å². The first-order valence-electron chi connectivity index (χ1n) is 6.11. The van der Waals surface area contributed by atoms with E-state index in [1.807, 2.05) is 13.8 Å². The normalized spacial score (nSPS) is 11.3. The Bertz CT molecular complexity index is 380. The fraction of sp³-hybridized carbons (Fsp3) is 0.500. The first kappa shape index (κ1) is 17.2. The van der Waals surface area contributed by atoms with Gasteiger partial charge in [-0.25, -0.2) is 0 Å². The van der Waals surface area contributed by atoms with E-state index in [4.69, 9.17) is 5.73 Å². The van der Waals surface area contributed by atoms with Crippen LogP contribution >= 0.6 is 24.0 Å². The summed E-state index contributed by atoms with van der Waals surface area (Å²) in [6.07, 6.45) is 0.934. The number of guanidine groups is 1. The topological polar surface area (TPSA) is 50.4 Å². The van der Waals surface area contributed by atoms with E-state index in [9.17, 15) is 0 Å². The van der Waals surface area contributed by atoms with Crippen molar-refractivity contribution in [2.45, 2.75) is 40.2 Å². The molecule has 0 aliphatic rings. The van der Waals surface area contributed by atoms with Crippen LogP contribution in [0.4, 0.5) is 0 Å². The second-order valence-electron chi connectivity index (χ2n) is 4.81. The van der Waals surface area contributed by atoms with Crippen molar-refractivity contribution < 1.29 is 0 Å². The standard InChI is InChI=1S/C14H23N3.HI/c1-10(2)17-14(15)16-6-5-13-8-11(3)7-12(4)9-13;/h7-10H,5-6H2,1-4H3,(H3,15,16,17);1H. The van der Waals surface area contributed by atoms with Crippen molar-refractivity contribution in [3.63, 3.8) is 0 Å². The summed E-state index contributed by atoms with van der Waals surface area (Å²) in [5.41, 5.74) is 9.67. The van der Waals surface area contributed by atoms with Crippen LogP contribution in [0.3, 0.4) is 0 Å². The first-order chi connectivity index (χ1) is 7.97. The Morgan fingerprint density at radius 1 is 1.22 bits per heavy atom. The Kier molecular flexibility index (Phi) is 7.98. The highest BCUT2D eigenvalue weighted by Gasteiger charge is 1.97. The molecule has 0 aliphatic heterocycles. The predicted octanol–water partition coefficient (Wildman–Crippen LogP) is 2.78. The minimum atomic E-state index is 0. The number of nitrogens with one attached hydrogen (secondary N) is 1. The van der Waals surface area contributed by atoms with E-state index in [0.29, 0.717) is 12.0 Å². The van der Waals surface area contributed by atoms with Crippen LogP contribution in [-0.2, 0) is 6.42 Å². The number of halogens is 1. The molecule has 0 aromatic heterocycles. The lowest BCUT2D eigenvalue weighted by atomic mass is 10.1. The molecule has 18 heavy (non-hydrogen) atoms. The van der Waals surface area contributed by atoms with Crippen LogP contribution in [-0.4, -0.2) is 18.5 Å². The van der Waals surface area contributed by atoms with Gasteiger partial charge in [-0.2, -0.15) is 0 Å². The van der Waals surface area contributed by atoms with Gasteiger partial charge in [0.1, 0.15) is 0 Å². The molecule has 0 saturated heterocycles. The second kappa shape index (κ2) is 8.34. The fourth-order valence-electron chi connectivity index (χ4n) is 1.86. The Morgan fingerprint density at radius 3 is 2.28 bits per heavy atom. The Balaban J connectivity index is 0.00000289. The minimum Gasteiger partial charge on any atom is -0.370 e. The first-order valence-corrected chi connectivity index (χ1v) is 6.11. The monoisotopic (exact) mass is 361 g/mol. The molecule has 0 spiro atoms. The maximum Gasteiger partial charge on any atom is 0.188 e. The summed E-state index contributed by atoms with van der Waals surface area (Å²) in [6.45, 7) is 9.07. The molecule has 1 aromatic rings. The molecular formula is C14H24IN3. The number of aliphatic imine (C=N–C) groups is 1. The van der Waals surface area contributed by atoms with Gasteiger partial charge in [-0.15, -0.1) is 24.0 Å². The summed E-state index contributed by atoms with van der Waals surface area (Å²) >= 11 is 0. The highest BCUT2D eigenvalue weighted by molar-refractivity contribution is 14.0. The summed E-state index contributed by atoms with van der Waals surface area (Å²) in [4.78, 5) is 4.30. The van der Waals surface area contributed by atoms with Crippen LogP contribution < -0.4 is 11.1 Å². The molecular weight excluding hydrogens is 337 g/mol. The average molecular weight is 361 g/mol. The molecule has 0 aliphatic carbocycles. The molecule has 0 heterocycles. The number of benzene rings is 1. The molecule has 0 saturated carbocycles. The molecule has 0 unspecified atom stereocenters. The quantitative estimate of drug-likeness (QED) is 0.492. The van der Waals surface area contributed by atoms with Crippen molar-refractivity contribution in [1.82, 2.24) is 5.32 Å². The molecule has 3 nitrogen and oxygen atoms in total. The van der Waals surface area contributed by atoms with Crippen LogP contribution in [0.25, 0.3) is 0 Å². The van der Waals surface area contributed by atoms with Crippen LogP contribution in [0, 0.1) is 13.8 Å². The zero-order valence-electron chi connectivity index (χ0n) is 11.7. The van der Waals surface area contributed by atoms with Crippen LogP contribution in [0.1, 0.15) is 30.5 Å². The summed E-state index contributed by atoms with van der Waals surface area (Å²) in [5.74, 6) is 0.532. The number of hydrogen-bond acceptors (Lipinski definition) is 1. The molecule has 1 rings (SSSR count). The van der Waals surface area contributed by atoms with Gasteiger partial charge in [0, 0.05) is 12.6 Å². The lowest BCUT2D eigenvalue weighted by Crippen LogP contribution is -2.36. The summed E-state index contributed by atoms with van der Waals surface area (Å²) in [5, 5.41) is 3.08. The van der Waals surface area contributed by atoms with E-state index in [-0.39, 0.29) is 24.0 Å². The number of nitrogens with two attached hydrogens (primary N) is 1. The van der Waals surface area contributed by atoms with Crippen molar-refractivity contribution in [1.29, 1.82) is 0 Å². The van der Waals surface area contributed by atoms with Crippen molar-refractivity contribution in [2.24, 2.45) is 10.7 Å². The van der Waals surface area contributed by atoms with Gasteiger partial charge < -0.3 is 11.1 Å².